The van der Waals surface area contributed by atoms with Crippen LogP contribution in [0.2, 0.25) is 0 Å². The zero-order chi connectivity index (χ0) is 13.3. The highest BCUT2D eigenvalue weighted by atomic mass is 16.5. The Morgan fingerprint density at radius 3 is 2.47 bits per heavy atom. The van der Waals surface area contributed by atoms with Crippen LogP contribution in [-0.4, -0.2) is 72.4 Å². The average molecular weight is 268 g/mol. The van der Waals surface area contributed by atoms with Crippen molar-refractivity contribution in [1.82, 2.24) is 9.80 Å². The first-order valence-electron chi connectivity index (χ1n) is 7.49. The van der Waals surface area contributed by atoms with E-state index in [2.05, 4.69) is 9.80 Å². The average Bonchev–Trinajstić information content (AvgIpc) is 2.85. The molecule has 0 aromatic carbocycles. The topological polar surface area (TPSA) is 53.0 Å². The van der Waals surface area contributed by atoms with Gasteiger partial charge in [0.25, 0.3) is 0 Å². The molecule has 0 spiro atoms. The molecule has 1 N–H and O–H groups in total. The minimum atomic E-state index is -0.747. The fourth-order valence-electron chi connectivity index (χ4n) is 3.51. The number of piperazine rings is 1. The van der Waals surface area contributed by atoms with Crippen LogP contribution < -0.4 is 0 Å². The molecule has 5 heteroatoms. The van der Waals surface area contributed by atoms with Crippen LogP contribution in [0.3, 0.4) is 0 Å². The third kappa shape index (κ3) is 2.51. The summed E-state index contributed by atoms with van der Waals surface area (Å²) in [6.45, 7) is 5.88. The molecule has 2 saturated heterocycles. The van der Waals surface area contributed by atoms with Crippen molar-refractivity contribution in [3.8, 4) is 0 Å². The minimum absolute atomic E-state index is 0.352. The number of rotatable bonds is 4. The molecule has 3 fully saturated rings. The molecule has 0 bridgehead atoms. The summed E-state index contributed by atoms with van der Waals surface area (Å²) < 4.78 is 5.36. The zero-order valence-corrected chi connectivity index (χ0v) is 11.5. The fraction of sp³-hybridized carbons (Fsp3) is 0.929. The summed E-state index contributed by atoms with van der Waals surface area (Å²) in [4.78, 5) is 16.2. The lowest BCUT2D eigenvalue weighted by atomic mass is 9.85. The molecule has 1 saturated carbocycles. The van der Waals surface area contributed by atoms with Gasteiger partial charge in [-0.15, -0.1) is 0 Å². The van der Waals surface area contributed by atoms with Crippen LogP contribution in [0.4, 0.5) is 0 Å². The van der Waals surface area contributed by atoms with Crippen molar-refractivity contribution in [2.45, 2.75) is 31.2 Å². The maximum Gasteiger partial charge on any atom is 0.326 e. The number of hydrogen-bond donors (Lipinski definition) is 1. The van der Waals surface area contributed by atoms with Crippen molar-refractivity contribution >= 4 is 5.97 Å². The molecule has 3 aliphatic rings. The summed E-state index contributed by atoms with van der Waals surface area (Å²) in [5.74, 6) is 0.187. The van der Waals surface area contributed by atoms with Gasteiger partial charge in [0, 0.05) is 45.8 Å². The van der Waals surface area contributed by atoms with E-state index in [0.29, 0.717) is 19.6 Å². The van der Waals surface area contributed by atoms with Gasteiger partial charge in [0.15, 0.2) is 0 Å². The predicted octanol–water partition coefficient (Wildman–Crippen LogP) is 0.648. The molecule has 0 amide bonds. The van der Waals surface area contributed by atoms with Crippen LogP contribution in [0, 0.1) is 5.92 Å². The molecule has 3 rings (SSSR count). The molecule has 1 atom stereocenters. The van der Waals surface area contributed by atoms with E-state index in [-0.39, 0.29) is 0 Å². The molecule has 0 radical (unpaired) electrons. The summed E-state index contributed by atoms with van der Waals surface area (Å²) in [6.07, 6.45) is 4.79. The molecule has 108 valence electrons. The van der Waals surface area contributed by atoms with Gasteiger partial charge in [-0.05, 0) is 18.8 Å². The number of carboxylic acid groups (broad SMARTS) is 1. The summed E-state index contributed by atoms with van der Waals surface area (Å²) in [5.41, 5.74) is -0.747. The lowest BCUT2D eigenvalue weighted by Gasteiger charge is -2.44. The highest BCUT2D eigenvalue weighted by Crippen LogP contribution is 2.30. The van der Waals surface area contributed by atoms with E-state index in [9.17, 15) is 9.90 Å². The summed E-state index contributed by atoms with van der Waals surface area (Å²) in [6, 6.07) is 0. The van der Waals surface area contributed by atoms with E-state index in [1.54, 1.807) is 0 Å². The molecule has 0 aromatic rings. The predicted molar refractivity (Wildman–Crippen MR) is 71.2 cm³/mol. The van der Waals surface area contributed by atoms with E-state index in [4.69, 9.17) is 4.74 Å². The number of aliphatic carboxylic acids is 1. The van der Waals surface area contributed by atoms with Gasteiger partial charge in [-0.1, -0.05) is 6.42 Å². The molecule has 2 aliphatic heterocycles. The molecule has 0 aromatic heterocycles. The Morgan fingerprint density at radius 1 is 1.26 bits per heavy atom. The van der Waals surface area contributed by atoms with Gasteiger partial charge in [0.1, 0.15) is 5.54 Å². The quantitative estimate of drug-likeness (QED) is 0.811. The van der Waals surface area contributed by atoms with Gasteiger partial charge in [0.2, 0.25) is 0 Å². The van der Waals surface area contributed by atoms with E-state index < -0.39 is 11.5 Å². The van der Waals surface area contributed by atoms with Crippen molar-refractivity contribution in [3.63, 3.8) is 0 Å². The number of nitrogens with zero attached hydrogens (tertiary/aromatic N) is 2. The van der Waals surface area contributed by atoms with Gasteiger partial charge in [-0.3, -0.25) is 9.69 Å². The molecule has 2 heterocycles. The second kappa shape index (κ2) is 5.38. The van der Waals surface area contributed by atoms with Crippen LogP contribution in [-0.2, 0) is 9.53 Å². The number of carboxylic acids is 1. The van der Waals surface area contributed by atoms with Crippen molar-refractivity contribution in [1.29, 1.82) is 0 Å². The van der Waals surface area contributed by atoms with Crippen LogP contribution in [0.5, 0.6) is 0 Å². The van der Waals surface area contributed by atoms with Crippen LogP contribution in [0.25, 0.3) is 0 Å². The Balaban J connectivity index is 1.55. The van der Waals surface area contributed by atoms with Gasteiger partial charge in [-0.25, -0.2) is 0 Å². The van der Waals surface area contributed by atoms with E-state index >= 15 is 0 Å². The minimum Gasteiger partial charge on any atom is -0.480 e. The van der Waals surface area contributed by atoms with Crippen molar-refractivity contribution < 1.29 is 14.6 Å². The van der Waals surface area contributed by atoms with Crippen LogP contribution in [0.1, 0.15) is 25.7 Å². The summed E-state index contributed by atoms with van der Waals surface area (Å²) in [5, 5.41) is 9.54. The first-order valence-corrected chi connectivity index (χ1v) is 7.49. The first-order chi connectivity index (χ1) is 9.21. The molecular formula is C14H24N2O3. The molecular weight excluding hydrogens is 244 g/mol. The SMILES string of the molecule is O=C(O)C1(N2CCN(CC3CCC3)CC2)CCOC1. The largest absolute Gasteiger partial charge is 0.480 e. The standard InChI is InChI=1S/C14H24N2O3/c17-13(18)14(4-9-19-11-14)16-7-5-15(6-8-16)10-12-2-1-3-12/h12H,1-11H2,(H,17,18). The van der Waals surface area contributed by atoms with Gasteiger partial charge >= 0.3 is 5.97 Å². The number of carbonyl (C=O) groups is 1. The third-order valence-electron chi connectivity index (χ3n) is 5.12. The smallest absolute Gasteiger partial charge is 0.326 e. The lowest BCUT2D eigenvalue weighted by Crippen LogP contribution is -2.61. The lowest BCUT2D eigenvalue weighted by molar-refractivity contribution is -0.153. The second-order valence-electron chi connectivity index (χ2n) is 6.22. The monoisotopic (exact) mass is 268 g/mol. The Bertz CT molecular complexity index is 330. The fourth-order valence-corrected chi connectivity index (χ4v) is 3.51. The maximum atomic E-state index is 11.6. The van der Waals surface area contributed by atoms with Gasteiger partial charge in [-0.2, -0.15) is 0 Å². The molecule has 5 nitrogen and oxygen atoms in total. The van der Waals surface area contributed by atoms with E-state index in [0.717, 1.165) is 32.1 Å². The van der Waals surface area contributed by atoms with Crippen LogP contribution in [0.15, 0.2) is 0 Å². The molecule has 19 heavy (non-hydrogen) atoms. The highest BCUT2D eigenvalue weighted by Gasteiger charge is 2.48. The van der Waals surface area contributed by atoms with E-state index in [1.165, 1.54) is 25.8 Å². The Hall–Kier alpha value is -0.650. The second-order valence-corrected chi connectivity index (χ2v) is 6.22. The number of hydrogen-bond acceptors (Lipinski definition) is 4. The Kier molecular flexibility index (Phi) is 3.78. The number of ether oxygens (including phenoxy) is 1. The molecule has 1 unspecified atom stereocenters. The summed E-state index contributed by atoms with van der Waals surface area (Å²) in [7, 11) is 0. The van der Waals surface area contributed by atoms with Crippen LogP contribution >= 0.6 is 0 Å². The van der Waals surface area contributed by atoms with E-state index in [1.807, 2.05) is 0 Å². The zero-order valence-electron chi connectivity index (χ0n) is 11.5. The molecule has 1 aliphatic carbocycles. The van der Waals surface area contributed by atoms with Gasteiger partial charge < -0.3 is 14.7 Å². The Labute approximate surface area is 114 Å². The highest BCUT2D eigenvalue weighted by molar-refractivity contribution is 5.79. The third-order valence-corrected chi connectivity index (χ3v) is 5.12. The van der Waals surface area contributed by atoms with Gasteiger partial charge in [0.05, 0.1) is 6.61 Å². The first kappa shape index (κ1) is 13.3. The summed E-state index contributed by atoms with van der Waals surface area (Å²) >= 11 is 0. The van der Waals surface area contributed by atoms with Crippen molar-refractivity contribution in [3.05, 3.63) is 0 Å². The van der Waals surface area contributed by atoms with Crippen molar-refractivity contribution in [2.24, 2.45) is 5.92 Å². The normalized spacial score (nSPS) is 34.3. The van der Waals surface area contributed by atoms with Crippen molar-refractivity contribution in [2.75, 3.05) is 45.9 Å². The maximum absolute atomic E-state index is 11.6. The Morgan fingerprint density at radius 2 is 2.00 bits per heavy atom.